The highest BCUT2D eigenvalue weighted by atomic mass is 32.2. The van der Waals surface area contributed by atoms with E-state index in [0.717, 1.165) is 0 Å². The van der Waals surface area contributed by atoms with Crippen molar-refractivity contribution >= 4 is 17.7 Å². The molecule has 1 N–H and O–H groups in total. The van der Waals surface area contributed by atoms with Gasteiger partial charge in [-0.25, -0.2) is 0 Å². The maximum atomic E-state index is 11.0. The second-order valence-electron chi connectivity index (χ2n) is 4.34. The van der Waals surface area contributed by atoms with Crippen LogP contribution in [0.3, 0.4) is 0 Å². The van der Waals surface area contributed by atoms with E-state index in [4.69, 9.17) is 5.11 Å². The fraction of sp³-hybridized carbons (Fsp3) is 0.909. The van der Waals surface area contributed by atoms with Gasteiger partial charge in [-0.3, -0.25) is 14.9 Å². The molecule has 0 aromatic heterocycles. The second kappa shape index (κ2) is 7.53. The number of hydrogen-bond acceptors (Lipinski definition) is 4. The summed E-state index contributed by atoms with van der Waals surface area (Å²) in [5.41, 5.74) is 0. The quantitative estimate of drug-likeness (QED) is 0.538. The summed E-state index contributed by atoms with van der Waals surface area (Å²) < 4.78 is 0. The van der Waals surface area contributed by atoms with Crippen LogP contribution in [-0.2, 0) is 4.79 Å². The van der Waals surface area contributed by atoms with Gasteiger partial charge in [0.2, 0.25) is 6.04 Å². The average Bonchev–Trinajstić information content (AvgIpc) is 2.22. The van der Waals surface area contributed by atoms with Gasteiger partial charge in [0.1, 0.15) is 5.25 Å². The van der Waals surface area contributed by atoms with Gasteiger partial charge in [-0.05, 0) is 12.3 Å². The molecule has 17 heavy (non-hydrogen) atoms. The topological polar surface area (TPSA) is 80.4 Å². The molecule has 3 unspecified atom stereocenters. The lowest BCUT2D eigenvalue weighted by molar-refractivity contribution is -0.523. The molecule has 0 fully saturated rings. The first-order valence-corrected chi connectivity index (χ1v) is 6.81. The second-order valence-corrected chi connectivity index (χ2v) is 5.73. The van der Waals surface area contributed by atoms with Gasteiger partial charge in [-0.1, -0.05) is 27.7 Å². The number of nitrogens with zero attached hydrogens (tertiary/aromatic N) is 1. The van der Waals surface area contributed by atoms with E-state index in [1.165, 1.54) is 11.8 Å². The van der Waals surface area contributed by atoms with E-state index in [2.05, 4.69) is 0 Å². The van der Waals surface area contributed by atoms with Crippen molar-refractivity contribution < 1.29 is 14.8 Å². The molecule has 0 bridgehead atoms. The van der Waals surface area contributed by atoms with Crippen LogP contribution >= 0.6 is 11.8 Å². The smallest absolute Gasteiger partial charge is 0.316 e. The summed E-state index contributed by atoms with van der Waals surface area (Å²) in [4.78, 5) is 21.7. The summed E-state index contributed by atoms with van der Waals surface area (Å²) in [5.74, 6) is -0.801. The average molecular weight is 263 g/mol. The summed E-state index contributed by atoms with van der Waals surface area (Å²) in [6.45, 7) is 7.36. The number of nitro groups is 1. The molecule has 3 atom stereocenters. The van der Waals surface area contributed by atoms with E-state index in [1.54, 1.807) is 13.8 Å². The number of thioether (sulfide) groups is 1. The molecule has 0 amide bonds. The highest BCUT2D eigenvalue weighted by Gasteiger charge is 2.35. The van der Waals surface area contributed by atoms with Gasteiger partial charge in [0, 0.05) is 11.3 Å². The van der Waals surface area contributed by atoms with Gasteiger partial charge in [0.15, 0.2) is 0 Å². The molecule has 0 spiro atoms. The largest absolute Gasteiger partial charge is 0.480 e. The van der Waals surface area contributed by atoms with Crippen LogP contribution in [0, 0.1) is 16.0 Å². The van der Waals surface area contributed by atoms with E-state index < -0.39 is 17.3 Å². The van der Waals surface area contributed by atoms with Gasteiger partial charge in [-0.15, -0.1) is 11.8 Å². The van der Waals surface area contributed by atoms with E-state index in [0.29, 0.717) is 12.8 Å². The Hall–Kier alpha value is -0.780. The maximum Gasteiger partial charge on any atom is 0.316 e. The molecule has 0 aromatic rings. The zero-order valence-electron chi connectivity index (χ0n) is 10.8. The van der Waals surface area contributed by atoms with Crippen molar-refractivity contribution in [3.8, 4) is 0 Å². The summed E-state index contributed by atoms with van der Waals surface area (Å²) in [5, 5.41) is 19.2. The van der Waals surface area contributed by atoms with Crippen LogP contribution in [0.5, 0.6) is 0 Å². The van der Waals surface area contributed by atoms with E-state index >= 15 is 0 Å². The summed E-state index contributed by atoms with van der Waals surface area (Å²) >= 11 is 1.23. The van der Waals surface area contributed by atoms with Crippen molar-refractivity contribution in [2.75, 3.05) is 0 Å². The fourth-order valence-electron chi connectivity index (χ4n) is 1.71. The van der Waals surface area contributed by atoms with Gasteiger partial charge in [-0.2, -0.15) is 0 Å². The first-order valence-electron chi connectivity index (χ1n) is 5.86. The fourth-order valence-corrected chi connectivity index (χ4v) is 3.19. The molecule has 100 valence electrons. The standard InChI is InChI=1S/C11H21NO4S/c1-5-8(12(15)16)10(7(3)4)17-9(6-2)11(13)14/h7-10H,5-6H2,1-4H3,(H,13,14). The van der Waals surface area contributed by atoms with Gasteiger partial charge < -0.3 is 5.11 Å². The van der Waals surface area contributed by atoms with Crippen LogP contribution in [0.4, 0.5) is 0 Å². The van der Waals surface area contributed by atoms with Crippen LogP contribution in [0.2, 0.25) is 0 Å². The van der Waals surface area contributed by atoms with Gasteiger partial charge >= 0.3 is 5.97 Å². The highest BCUT2D eigenvalue weighted by molar-refractivity contribution is 8.01. The van der Waals surface area contributed by atoms with Crippen LogP contribution in [0.15, 0.2) is 0 Å². The number of carboxylic acids is 1. The van der Waals surface area contributed by atoms with Gasteiger partial charge in [0.05, 0.1) is 5.25 Å². The van der Waals surface area contributed by atoms with Crippen LogP contribution in [-0.4, -0.2) is 32.5 Å². The minimum atomic E-state index is -0.888. The Morgan fingerprint density at radius 1 is 1.35 bits per heavy atom. The Morgan fingerprint density at radius 3 is 2.12 bits per heavy atom. The molecule has 5 nitrogen and oxygen atoms in total. The summed E-state index contributed by atoms with van der Waals surface area (Å²) in [6.07, 6.45) is 0.913. The molecule has 0 aliphatic heterocycles. The van der Waals surface area contributed by atoms with Crippen LogP contribution in [0.25, 0.3) is 0 Å². The molecule has 0 saturated heterocycles. The molecule has 0 saturated carbocycles. The third-order valence-electron chi connectivity index (χ3n) is 2.69. The molecule has 0 heterocycles. The Labute approximate surface area is 106 Å². The van der Waals surface area contributed by atoms with E-state index in [9.17, 15) is 14.9 Å². The molecule has 0 radical (unpaired) electrons. The number of aliphatic carboxylic acids is 1. The molecular formula is C11H21NO4S. The number of carboxylic acid groups (broad SMARTS) is 1. The Balaban J connectivity index is 4.84. The van der Waals surface area contributed by atoms with Gasteiger partial charge in [0.25, 0.3) is 0 Å². The lowest BCUT2D eigenvalue weighted by Crippen LogP contribution is -2.37. The summed E-state index contributed by atoms with van der Waals surface area (Å²) in [6, 6.07) is -0.673. The van der Waals surface area contributed by atoms with Crippen molar-refractivity contribution in [2.24, 2.45) is 5.92 Å². The van der Waals surface area contributed by atoms with E-state index in [-0.39, 0.29) is 16.1 Å². The van der Waals surface area contributed by atoms with Crippen molar-refractivity contribution in [3.63, 3.8) is 0 Å². The first kappa shape index (κ1) is 16.2. The number of rotatable bonds is 8. The lowest BCUT2D eigenvalue weighted by Gasteiger charge is -2.25. The zero-order valence-corrected chi connectivity index (χ0v) is 11.6. The minimum absolute atomic E-state index is 0.0868. The third-order valence-corrected chi connectivity index (χ3v) is 4.73. The van der Waals surface area contributed by atoms with Crippen LogP contribution < -0.4 is 0 Å². The lowest BCUT2D eigenvalue weighted by atomic mass is 10.0. The normalized spacial score (nSPS) is 16.5. The van der Waals surface area contributed by atoms with Crippen molar-refractivity contribution in [3.05, 3.63) is 10.1 Å². The predicted molar refractivity (Wildman–Crippen MR) is 69.0 cm³/mol. The van der Waals surface area contributed by atoms with E-state index in [1.807, 2.05) is 13.8 Å². The number of carbonyl (C=O) groups is 1. The molecule has 0 rings (SSSR count). The first-order chi connectivity index (χ1) is 7.84. The SMILES string of the molecule is CCC(SC(C(C)C)C(CC)[N+](=O)[O-])C(=O)O. The Kier molecular flexibility index (Phi) is 7.18. The van der Waals surface area contributed by atoms with Crippen molar-refractivity contribution in [1.29, 1.82) is 0 Å². The molecule has 0 aliphatic rings. The minimum Gasteiger partial charge on any atom is -0.480 e. The Morgan fingerprint density at radius 2 is 1.88 bits per heavy atom. The molecule has 0 aromatic carbocycles. The Bertz CT molecular complexity index is 270. The van der Waals surface area contributed by atoms with Crippen molar-refractivity contribution in [2.45, 2.75) is 57.1 Å². The predicted octanol–water partition coefficient (Wildman–Crippen LogP) is 2.66. The molecular weight excluding hydrogens is 242 g/mol. The van der Waals surface area contributed by atoms with Crippen molar-refractivity contribution in [1.82, 2.24) is 0 Å². The highest BCUT2D eigenvalue weighted by Crippen LogP contribution is 2.31. The van der Waals surface area contributed by atoms with Crippen LogP contribution in [0.1, 0.15) is 40.5 Å². The zero-order chi connectivity index (χ0) is 13.6. The third kappa shape index (κ3) is 4.93. The molecule has 6 heteroatoms. The number of hydrogen-bond donors (Lipinski definition) is 1. The summed E-state index contributed by atoms with van der Waals surface area (Å²) in [7, 11) is 0. The monoisotopic (exact) mass is 263 g/mol. The molecule has 0 aliphatic carbocycles. The maximum absolute atomic E-state index is 11.0.